The minimum atomic E-state index is -1.02. The van der Waals surface area contributed by atoms with E-state index in [2.05, 4.69) is 5.10 Å². The number of nitrogens with zero attached hydrogens (tertiary/aromatic N) is 2. The van der Waals surface area contributed by atoms with E-state index < -0.39 is 11.9 Å². The Balaban J connectivity index is 2.33. The molecule has 0 aliphatic carbocycles. The zero-order valence-corrected chi connectivity index (χ0v) is 13.4. The van der Waals surface area contributed by atoms with Crippen LogP contribution in [0.1, 0.15) is 36.9 Å². The lowest BCUT2D eigenvalue weighted by molar-refractivity contribution is 0.170. The SMILES string of the molecule is CCc1nn(CC)c(CC(O)c2cccc(Cl)c2F)c1Cl. The fourth-order valence-corrected chi connectivity index (χ4v) is 2.81. The molecule has 1 heterocycles. The highest BCUT2D eigenvalue weighted by atomic mass is 35.5. The molecule has 0 fully saturated rings. The average Bonchev–Trinajstić information content (AvgIpc) is 2.78. The van der Waals surface area contributed by atoms with E-state index in [9.17, 15) is 9.50 Å². The lowest BCUT2D eigenvalue weighted by Crippen LogP contribution is -2.10. The highest BCUT2D eigenvalue weighted by molar-refractivity contribution is 6.32. The second kappa shape index (κ2) is 6.77. The molecule has 0 aliphatic heterocycles. The quantitative estimate of drug-likeness (QED) is 0.892. The van der Waals surface area contributed by atoms with Gasteiger partial charge in [-0.25, -0.2) is 4.39 Å². The van der Waals surface area contributed by atoms with Gasteiger partial charge in [-0.3, -0.25) is 4.68 Å². The average molecular weight is 331 g/mol. The van der Waals surface area contributed by atoms with E-state index >= 15 is 0 Å². The molecule has 0 saturated heterocycles. The maximum absolute atomic E-state index is 14.0. The summed E-state index contributed by atoms with van der Waals surface area (Å²) >= 11 is 12.0. The maximum Gasteiger partial charge on any atom is 0.147 e. The van der Waals surface area contributed by atoms with Crippen LogP contribution in [0.2, 0.25) is 10.0 Å². The zero-order valence-electron chi connectivity index (χ0n) is 11.9. The van der Waals surface area contributed by atoms with Crippen LogP contribution in [0.25, 0.3) is 0 Å². The number of rotatable bonds is 5. The van der Waals surface area contributed by atoms with Gasteiger partial charge in [0.25, 0.3) is 0 Å². The number of halogens is 3. The Morgan fingerprint density at radius 1 is 1.33 bits per heavy atom. The molecule has 21 heavy (non-hydrogen) atoms. The first kappa shape index (κ1) is 16.3. The molecule has 1 aromatic heterocycles. The van der Waals surface area contributed by atoms with Crippen molar-refractivity contribution in [2.24, 2.45) is 0 Å². The Morgan fingerprint density at radius 2 is 2.05 bits per heavy atom. The first-order valence-electron chi connectivity index (χ1n) is 6.85. The van der Waals surface area contributed by atoms with Gasteiger partial charge in [-0.15, -0.1) is 0 Å². The molecule has 2 aromatic rings. The topological polar surface area (TPSA) is 38.0 Å². The molecule has 0 spiro atoms. The number of aromatic nitrogens is 2. The van der Waals surface area contributed by atoms with Gasteiger partial charge in [0.2, 0.25) is 0 Å². The summed E-state index contributed by atoms with van der Waals surface area (Å²) in [6, 6.07) is 4.58. The summed E-state index contributed by atoms with van der Waals surface area (Å²) in [4.78, 5) is 0. The van der Waals surface area contributed by atoms with Crippen molar-refractivity contribution in [3.05, 3.63) is 51.0 Å². The van der Waals surface area contributed by atoms with Crippen molar-refractivity contribution in [3.63, 3.8) is 0 Å². The molecule has 0 amide bonds. The fraction of sp³-hybridized carbons (Fsp3) is 0.400. The van der Waals surface area contributed by atoms with Crippen molar-refractivity contribution >= 4 is 23.2 Å². The number of hydrogen-bond donors (Lipinski definition) is 1. The van der Waals surface area contributed by atoms with Crippen molar-refractivity contribution < 1.29 is 9.50 Å². The summed E-state index contributed by atoms with van der Waals surface area (Å²) in [5.74, 6) is -0.596. The van der Waals surface area contributed by atoms with Gasteiger partial charge in [0, 0.05) is 18.5 Å². The van der Waals surface area contributed by atoms with Crippen LogP contribution < -0.4 is 0 Å². The largest absolute Gasteiger partial charge is 0.388 e. The lowest BCUT2D eigenvalue weighted by Gasteiger charge is -2.14. The van der Waals surface area contributed by atoms with Gasteiger partial charge in [-0.2, -0.15) is 5.10 Å². The highest BCUT2D eigenvalue weighted by Gasteiger charge is 2.21. The third-order valence-electron chi connectivity index (χ3n) is 3.42. The predicted molar refractivity (Wildman–Crippen MR) is 82.4 cm³/mol. The summed E-state index contributed by atoms with van der Waals surface area (Å²) in [6.07, 6.45) is -0.120. The molecular weight excluding hydrogens is 314 g/mol. The third-order valence-corrected chi connectivity index (χ3v) is 4.15. The fourth-order valence-electron chi connectivity index (χ4n) is 2.28. The van der Waals surface area contributed by atoms with Gasteiger partial charge >= 0.3 is 0 Å². The molecule has 0 bridgehead atoms. The number of hydrogen-bond acceptors (Lipinski definition) is 2. The van der Waals surface area contributed by atoms with Gasteiger partial charge < -0.3 is 5.11 Å². The highest BCUT2D eigenvalue weighted by Crippen LogP contribution is 2.29. The van der Waals surface area contributed by atoms with E-state index in [0.717, 1.165) is 5.69 Å². The lowest BCUT2D eigenvalue weighted by atomic mass is 10.0. The van der Waals surface area contributed by atoms with E-state index in [-0.39, 0.29) is 17.0 Å². The van der Waals surface area contributed by atoms with Crippen molar-refractivity contribution in [1.82, 2.24) is 9.78 Å². The van der Waals surface area contributed by atoms with Gasteiger partial charge in [-0.05, 0) is 19.4 Å². The summed E-state index contributed by atoms with van der Waals surface area (Å²) in [7, 11) is 0. The van der Waals surface area contributed by atoms with Crippen molar-refractivity contribution in [2.45, 2.75) is 39.3 Å². The van der Waals surface area contributed by atoms with Crippen molar-refractivity contribution in [1.29, 1.82) is 0 Å². The van der Waals surface area contributed by atoms with Gasteiger partial charge in [0.15, 0.2) is 0 Å². The van der Waals surface area contributed by atoms with Crippen LogP contribution >= 0.6 is 23.2 Å². The third kappa shape index (κ3) is 3.23. The summed E-state index contributed by atoms with van der Waals surface area (Å²) in [5.41, 5.74) is 1.66. The maximum atomic E-state index is 14.0. The van der Waals surface area contributed by atoms with E-state index in [1.54, 1.807) is 10.7 Å². The molecule has 1 N–H and O–H groups in total. The number of aliphatic hydroxyl groups excluding tert-OH is 1. The number of benzene rings is 1. The predicted octanol–water partition coefficient (Wildman–Crippen LogP) is 4.19. The minimum absolute atomic E-state index is 0.00380. The first-order valence-corrected chi connectivity index (χ1v) is 7.61. The summed E-state index contributed by atoms with van der Waals surface area (Å²) in [6.45, 7) is 4.55. The zero-order chi connectivity index (χ0) is 15.6. The second-order valence-electron chi connectivity index (χ2n) is 4.74. The smallest absolute Gasteiger partial charge is 0.147 e. The second-order valence-corrected chi connectivity index (χ2v) is 5.52. The van der Waals surface area contributed by atoms with Crippen LogP contribution in [0.4, 0.5) is 4.39 Å². The van der Waals surface area contributed by atoms with Gasteiger partial charge in [0.05, 0.1) is 27.5 Å². The molecule has 1 unspecified atom stereocenters. The molecule has 0 aliphatic rings. The Morgan fingerprint density at radius 3 is 2.67 bits per heavy atom. The van der Waals surface area contributed by atoms with Crippen LogP contribution in [-0.2, 0) is 19.4 Å². The molecule has 3 nitrogen and oxygen atoms in total. The molecule has 114 valence electrons. The van der Waals surface area contributed by atoms with E-state index in [0.29, 0.717) is 23.7 Å². The van der Waals surface area contributed by atoms with Crippen LogP contribution in [0, 0.1) is 5.82 Å². The standard InChI is InChI=1S/C15H17Cl2FN2O/c1-3-11-14(17)12(20(4-2)19-11)8-13(21)9-6-5-7-10(16)15(9)18/h5-7,13,21H,3-4,8H2,1-2H3. The Labute approximate surface area is 133 Å². The number of aliphatic hydroxyl groups is 1. The first-order chi connectivity index (χ1) is 9.99. The Bertz CT molecular complexity index is 643. The minimum Gasteiger partial charge on any atom is -0.388 e. The summed E-state index contributed by atoms with van der Waals surface area (Å²) in [5, 5.41) is 15.2. The molecular formula is C15H17Cl2FN2O. The number of aryl methyl sites for hydroxylation is 2. The molecule has 1 atom stereocenters. The monoisotopic (exact) mass is 330 g/mol. The van der Waals surface area contributed by atoms with Crippen LogP contribution in [-0.4, -0.2) is 14.9 Å². The molecule has 6 heteroatoms. The Kier molecular flexibility index (Phi) is 5.25. The molecule has 0 saturated carbocycles. The molecule has 2 rings (SSSR count). The molecule has 0 radical (unpaired) electrons. The normalized spacial score (nSPS) is 12.7. The van der Waals surface area contributed by atoms with Crippen molar-refractivity contribution in [2.75, 3.05) is 0 Å². The van der Waals surface area contributed by atoms with E-state index in [1.165, 1.54) is 12.1 Å². The molecule has 1 aromatic carbocycles. The van der Waals surface area contributed by atoms with E-state index in [4.69, 9.17) is 23.2 Å². The van der Waals surface area contributed by atoms with Crippen molar-refractivity contribution in [3.8, 4) is 0 Å². The van der Waals surface area contributed by atoms with Gasteiger partial charge in [-0.1, -0.05) is 42.3 Å². The van der Waals surface area contributed by atoms with Crippen LogP contribution in [0.5, 0.6) is 0 Å². The van der Waals surface area contributed by atoms with Gasteiger partial charge in [0.1, 0.15) is 5.82 Å². The Hall–Kier alpha value is -1.10. The summed E-state index contributed by atoms with van der Waals surface area (Å²) < 4.78 is 15.7. The van der Waals surface area contributed by atoms with Crippen LogP contribution in [0.3, 0.4) is 0 Å². The van der Waals surface area contributed by atoms with E-state index in [1.807, 2.05) is 13.8 Å². The van der Waals surface area contributed by atoms with Crippen LogP contribution in [0.15, 0.2) is 18.2 Å².